The quantitative estimate of drug-likeness (QED) is 0.189. The maximum Gasteiger partial charge on any atom is 0.139 e. The fourth-order valence-corrected chi connectivity index (χ4v) is 11.1. The van der Waals surface area contributed by atoms with Crippen molar-refractivity contribution in [3.63, 3.8) is 0 Å². The van der Waals surface area contributed by atoms with E-state index in [0.717, 1.165) is 16.6 Å². The smallest absolute Gasteiger partial charge is 0.139 e. The Morgan fingerprint density at radius 2 is 0.850 bits per heavy atom. The fraction of sp³-hybridized carbons (Fsp3) is 0.0588. The lowest BCUT2D eigenvalue weighted by molar-refractivity contribution is 0.660. The van der Waals surface area contributed by atoms with Gasteiger partial charge in [-0.15, -0.1) is 21.9 Å². The van der Waals surface area contributed by atoms with E-state index in [9.17, 15) is 0 Å². The Balaban J connectivity index is 1.21. The van der Waals surface area contributed by atoms with Gasteiger partial charge < -0.3 is 4.42 Å². The highest BCUT2D eigenvalue weighted by atomic mass is 16.3. The lowest BCUT2D eigenvalue weighted by atomic mass is 9.59. The van der Waals surface area contributed by atoms with Crippen LogP contribution in [0.25, 0.3) is 98.8 Å². The zero-order valence-electron chi connectivity index (χ0n) is 36.5. The van der Waals surface area contributed by atoms with Crippen LogP contribution >= 0.6 is 0 Å². The third-order valence-electron chi connectivity index (χ3n) is 15.1. The van der Waals surface area contributed by atoms with E-state index in [2.05, 4.69) is 198 Å². The standard InChI is InChI=1S/C51H42B8O/c1-51(2)32-12-6-5-10-29(32)30-19-18-27(21-33(30)51)37-41-39(43(52)47(56)49(58)45(41)54)36(40-42(37)46(55)50(59)48(57)44(40)53)24-16-14-23(15-17-24)28-11-7-13-34-38(28)31-20-25-8-3-4-9-26(25)22-35(31)60-34/h3-22H,52-59H2,1-2H3. The van der Waals surface area contributed by atoms with Gasteiger partial charge in [0, 0.05) is 16.2 Å². The lowest BCUT2D eigenvalue weighted by Crippen LogP contribution is -2.50. The molecule has 1 aromatic heterocycles. The molecule has 60 heavy (non-hydrogen) atoms. The number of hydrogen-bond donors (Lipinski definition) is 0. The van der Waals surface area contributed by atoms with Crippen molar-refractivity contribution in [3.05, 3.63) is 132 Å². The van der Waals surface area contributed by atoms with Gasteiger partial charge in [0.1, 0.15) is 73.9 Å². The average molecular weight is 757 g/mol. The van der Waals surface area contributed by atoms with Crippen molar-refractivity contribution in [1.82, 2.24) is 0 Å². The molecule has 276 valence electrons. The van der Waals surface area contributed by atoms with Crippen LogP contribution in [0.4, 0.5) is 0 Å². The second-order valence-corrected chi connectivity index (χ2v) is 18.2. The molecule has 1 aliphatic rings. The van der Waals surface area contributed by atoms with Crippen LogP contribution < -0.4 is 43.7 Å². The van der Waals surface area contributed by atoms with Gasteiger partial charge in [-0.05, 0) is 112 Å². The van der Waals surface area contributed by atoms with E-state index < -0.39 is 0 Å². The Kier molecular flexibility index (Phi) is 8.06. The van der Waals surface area contributed by atoms with E-state index in [1.165, 1.54) is 137 Å². The fourth-order valence-electron chi connectivity index (χ4n) is 11.1. The van der Waals surface area contributed by atoms with Crippen LogP contribution in [-0.2, 0) is 5.41 Å². The Morgan fingerprint density at radius 3 is 1.47 bits per heavy atom. The van der Waals surface area contributed by atoms with Crippen LogP contribution in [-0.4, -0.2) is 62.8 Å². The molecule has 0 atom stereocenters. The van der Waals surface area contributed by atoms with Gasteiger partial charge in [-0.1, -0.05) is 133 Å². The molecule has 0 unspecified atom stereocenters. The van der Waals surface area contributed by atoms with E-state index in [1.54, 1.807) is 0 Å². The van der Waals surface area contributed by atoms with Crippen molar-refractivity contribution in [1.29, 1.82) is 0 Å². The first-order chi connectivity index (χ1) is 28.9. The molecule has 1 nitrogen and oxygen atoms in total. The number of furan rings is 1. The highest BCUT2D eigenvalue weighted by Crippen LogP contribution is 2.51. The van der Waals surface area contributed by atoms with Crippen LogP contribution in [0.1, 0.15) is 25.0 Å². The topological polar surface area (TPSA) is 13.1 Å². The molecule has 0 saturated carbocycles. The third-order valence-corrected chi connectivity index (χ3v) is 15.1. The van der Waals surface area contributed by atoms with E-state index in [4.69, 9.17) is 4.42 Å². The minimum absolute atomic E-state index is 0.0922. The van der Waals surface area contributed by atoms with Crippen molar-refractivity contribution in [2.24, 2.45) is 0 Å². The van der Waals surface area contributed by atoms with Gasteiger partial charge in [0.2, 0.25) is 0 Å². The van der Waals surface area contributed by atoms with Crippen LogP contribution in [0.15, 0.2) is 126 Å². The molecule has 0 N–H and O–H groups in total. The Hall–Kier alpha value is -5.92. The summed E-state index contributed by atoms with van der Waals surface area (Å²) in [4.78, 5) is 0. The molecule has 0 aliphatic heterocycles. The SMILES string of the molecule is Bc1c(B)c(B)c2c(-c3ccc4c(c3)C(C)(C)c3ccccc3-4)c3c(B)c(B)c(B)c(B)c3c(-c3ccc(-c4cccc5oc6cc7ccccc7cc6c45)cc3)c2c1B. The number of rotatable bonds is 3. The molecular formula is C51H42B8O. The molecule has 1 aliphatic carbocycles. The van der Waals surface area contributed by atoms with Crippen molar-refractivity contribution in [2.75, 3.05) is 0 Å². The van der Waals surface area contributed by atoms with Gasteiger partial charge in [0.25, 0.3) is 0 Å². The monoisotopic (exact) mass is 758 g/mol. The second-order valence-electron chi connectivity index (χ2n) is 18.2. The van der Waals surface area contributed by atoms with Crippen molar-refractivity contribution in [3.8, 4) is 44.5 Å². The minimum atomic E-state index is -0.0922. The Bertz CT molecular complexity index is 3470. The summed E-state index contributed by atoms with van der Waals surface area (Å²) in [5.41, 5.74) is 25.9. The minimum Gasteiger partial charge on any atom is -0.456 e. The normalized spacial score (nSPS) is 13.2. The molecule has 1 heterocycles. The summed E-state index contributed by atoms with van der Waals surface area (Å²) in [6, 6.07) is 45.3. The molecule has 11 rings (SSSR count). The van der Waals surface area contributed by atoms with Crippen LogP contribution in [0.2, 0.25) is 0 Å². The van der Waals surface area contributed by atoms with Gasteiger partial charge in [0.15, 0.2) is 0 Å². The summed E-state index contributed by atoms with van der Waals surface area (Å²) in [6.45, 7) is 4.79. The number of hydrogen-bond acceptors (Lipinski definition) is 1. The first kappa shape index (κ1) is 37.1. The van der Waals surface area contributed by atoms with Crippen molar-refractivity contribution >= 4 is 161 Å². The summed E-state index contributed by atoms with van der Waals surface area (Å²) in [6.07, 6.45) is 0. The molecule has 0 spiro atoms. The molecular weight excluding hydrogens is 715 g/mol. The van der Waals surface area contributed by atoms with Crippen LogP contribution in [0.3, 0.4) is 0 Å². The molecule has 0 amide bonds. The Morgan fingerprint density at radius 1 is 0.367 bits per heavy atom. The predicted octanol–water partition coefficient (Wildman–Crippen LogP) is 0.420. The zero-order chi connectivity index (χ0) is 41.5. The first-order valence-corrected chi connectivity index (χ1v) is 21.5. The van der Waals surface area contributed by atoms with Gasteiger partial charge >= 0.3 is 0 Å². The van der Waals surface area contributed by atoms with Crippen molar-refractivity contribution < 1.29 is 4.42 Å². The summed E-state index contributed by atoms with van der Waals surface area (Å²) in [7, 11) is 18.7. The zero-order valence-corrected chi connectivity index (χ0v) is 36.5. The van der Waals surface area contributed by atoms with E-state index in [1.807, 2.05) is 0 Å². The number of fused-ring (bicyclic) bond motifs is 9. The van der Waals surface area contributed by atoms with E-state index in [-0.39, 0.29) is 5.41 Å². The summed E-state index contributed by atoms with van der Waals surface area (Å²) in [5, 5.41) is 10.2. The maximum absolute atomic E-state index is 6.50. The largest absolute Gasteiger partial charge is 0.456 e. The molecule has 0 fully saturated rings. The molecule has 0 radical (unpaired) electrons. The van der Waals surface area contributed by atoms with E-state index >= 15 is 0 Å². The Labute approximate surface area is 359 Å². The summed E-state index contributed by atoms with van der Waals surface area (Å²) < 4.78 is 6.50. The van der Waals surface area contributed by atoms with Gasteiger partial charge in [-0.3, -0.25) is 0 Å². The van der Waals surface area contributed by atoms with E-state index in [0.29, 0.717) is 0 Å². The summed E-state index contributed by atoms with van der Waals surface area (Å²) >= 11 is 0. The van der Waals surface area contributed by atoms with Crippen LogP contribution in [0, 0.1) is 0 Å². The van der Waals surface area contributed by atoms with Crippen LogP contribution in [0.5, 0.6) is 0 Å². The third kappa shape index (κ3) is 4.99. The van der Waals surface area contributed by atoms with Gasteiger partial charge in [-0.2, -0.15) is 0 Å². The lowest BCUT2D eigenvalue weighted by Gasteiger charge is -2.29. The molecule has 0 saturated heterocycles. The molecule has 10 aromatic rings. The molecule has 0 bridgehead atoms. The number of benzene rings is 9. The average Bonchev–Trinajstić information content (AvgIpc) is 3.74. The maximum atomic E-state index is 6.50. The summed E-state index contributed by atoms with van der Waals surface area (Å²) in [5.74, 6) is 0. The van der Waals surface area contributed by atoms with Gasteiger partial charge in [0.05, 0.1) is 0 Å². The predicted molar refractivity (Wildman–Crippen MR) is 286 cm³/mol. The second kappa shape index (κ2) is 13.0. The highest BCUT2D eigenvalue weighted by Gasteiger charge is 2.36. The molecule has 9 heteroatoms. The van der Waals surface area contributed by atoms with Crippen molar-refractivity contribution in [2.45, 2.75) is 19.3 Å². The molecule has 9 aromatic carbocycles. The van der Waals surface area contributed by atoms with Gasteiger partial charge in [-0.25, -0.2) is 0 Å². The highest BCUT2D eigenvalue weighted by molar-refractivity contribution is 6.71. The first-order valence-electron chi connectivity index (χ1n) is 21.5.